The van der Waals surface area contributed by atoms with Gasteiger partial charge in [-0.15, -0.1) is 0 Å². The van der Waals surface area contributed by atoms with Crippen LogP contribution in [0.3, 0.4) is 0 Å². The number of sulfonamides is 1. The van der Waals surface area contributed by atoms with E-state index >= 15 is 0 Å². The van der Waals surface area contributed by atoms with Crippen LogP contribution in [0.25, 0.3) is 0 Å². The normalized spacial score (nSPS) is 14.7. The molecule has 1 N–H and O–H groups in total. The van der Waals surface area contributed by atoms with E-state index in [4.69, 9.17) is 0 Å². The molecule has 1 aliphatic carbocycles. The van der Waals surface area contributed by atoms with Gasteiger partial charge in [-0.05, 0) is 55.2 Å². The molecule has 0 aliphatic heterocycles. The van der Waals surface area contributed by atoms with Crippen LogP contribution in [0, 0.1) is 0 Å². The predicted octanol–water partition coefficient (Wildman–Crippen LogP) is 2.74. The summed E-state index contributed by atoms with van der Waals surface area (Å²) in [7, 11) is -3.56. The van der Waals surface area contributed by atoms with E-state index in [1.165, 1.54) is 24.0 Å². The molecular formula is C17H25NO3S. The fraction of sp³-hybridized carbons (Fsp3) is 0.588. The monoisotopic (exact) mass is 323 g/mol. The standard InChI is InChI=1S/C17H25NO3S/c1-3-16(4-2)22(20,21)18-17(19)12-13-9-10-14-7-5-6-8-15(14)11-13/h9-11,16H,3-8,12H2,1-2H3,(H,18,19). The molecule has 2 rings (SSSR count). The molecule has 0 fully saturated rings. The number of rotatable bonds is 6. The molecule has 0 spiro atoms. The van der Waals surface area contributed by atoms with Gasteiger partial charge in [0.2, 0.25) is 15.9 Å². The van der Waals surface area contributed by atoms with Crippen LogP contribution in [-0.4, -0.2) is 19.6 Å². The Balaban J connectivity index is 2.03. The number of benzene rings is 1. The minimum absolute atomic E-state index is 0.118. The van der Waals surface area contributed by atoms with E-state index in [0.717, 1.165) is 18.4 Å². The molecule has 5 heteroatoms. The molecule has 0 bridgehead atoms. The second-order valence-electron chi connectivity index (χ2n) is 6.00. The third-order valence-corrected chi connectivity index (χ3v) is 6.44. The Hall–Kier alpha value is -1.36. The van der Waals surface area contributed by atoms with Gasteiger partial charge in [-0.25, -0.2) is 8.42 Å². The lowest BCUT2D eigenvalue weighted by Crippen LogP contribution is -2.38. The highest BCUT2D eigenvalue weighted by molar-refractivity contribution is 7.90. The fourth-order valence-corrected chi connectivity index (χ4v) is 4.52. The maximum atomic E-state index is 12.1. The summed E-state index contributed by atoms with van der Waals surface area (Å²) in [6.07, 6.45) is 5.70. The molecule has 0 unspecified atom stereocenters. The number of nitrogens with one attached hydrogen (secondary N) is 1. The summed E-state index contributed by atoms with van der Waals surface area (Å²) in [5, 5.41) is -0.500. The van der Waals surface area contributed by atoms with E-state index in [-0.39, 0.29) is 6.42 Å². The SMILES string of the molecule is CCC(CC)S(=O)(=O)NC(=O)Cc1ccc2c(c1)CCCC2. The second kappa shape index (κ2) is 7.27. The minimum Gasteiger partial charge on any atom is -0.274 e. The maximum absolute atomic E-state index is 12.1. The van der Waals surface area contributed by atoms with Crippen molar-refractivity contribution in [2.45, 2.75) is 64.0 Å². The zero-order chi connectivity index (χ0) is 16.2. The molecule has 0 saturated heterocycles. The second-order valence-corrected chi connectivity index (χ2v) is 7.96. The number of hydrogen-bond acceptors (Lipinski definition) is 3. The average molecular weight is 323 g/mol. The van der Waals surface area contributed by atoms with Gasteiger partial charge in [-0.1, -0.05) is 32.0 Å². The first-order valence-corrected chi connectivity index (χ1v) is 9.66. The van der Waals surface area contributed by atoms with Crippen molar-refractivity contribution < 1.29 is 13.2 Å². The Morgan fingerprint density at radius 1 is 1.14 bits per heavy atom. The number of carbonyl (C=O) groups excluding carboxylic acids is 1. The Morgan fingerprint density at radius 2 is 1.77 bits per heavy atom. The molecule has 0 heterocycles. The summed E-state index contributed by atoms with van der Waals surface area (Å²) in [5.41, 5.74) is 3.55. The van der Waals surface area contributed by atoms with E-state index in [9.17, 15) is 13.2 Å². The van der Waals surface area contributed by atoms with E-state index in [2.05, 4.69) is 16.9 Å². The minimum atomic E-state index is -3.56. The summed E-state index contributed by atoms with van der Waals surface area (Å²) >= 11 is 0. The molecule has 1 aromatic carbocycles. The highest BCUT2D eigenvalue weighted by atomic mass is 32.2. The summed E-state index contributed by atoms with van der Waals surface area (Å²) < 4.78 is 26.4. The molecule has 0 aromatic heterocycles. The Kier molecular flexibility index (Phi) is 5.62. The lowest BCUT2D eigenvalue weighted by Gasteiger charge is -2.17. The summed E-state index contributed by atoms with van der Waals surface area (Å²) in [6, 6.07) is 6.07. The predicted molar refractivity (Wildman–Crippen MR) is 88.2 cm³/mol. The molecule has 22 heavy (non-hydrogen) atoms. The average Bonchev–Trinajstić information content (AvgIpc) is 2.47. The van der Waals surface area contributed by atoms with Gasteiger partial charge in [0.25, 0.3) is 0 Å². The van der Waals surface area contributed by atoms with Gasteiger partial charge in [-0.2, -0.15) is 0 Å². The van der Waals surface area contributed by atoms with Crippen molar-refractivity contribution in [3.63, 3.8) is 0 Å². The quantitative estimate of drug-likeness (QED) is 0.875. The largest absolute Gasteiger partial charge is 0.274 e. The molecule has 0 atom stereocenters. The van der Waals surface area contributed by atoms with Crippen LogP contribution >= 0.6 is 0 Å². The molecule has 4 nitrogen and oxygen atoms in total. The number of amides is 1. The lowest BCUT2D eigenvalue weighted by molar-refractivity contribution is -0.118. The number of hydrogen-bond donors (Lipinski definition) is 1. The Labute approximate surface area is 133 Å². The van der Waals surface area contributed by atoms with Gasteiger partial charge in [0.15, 0.2) is 0 Å². The van der Waals surface area contributed by atoms with Gasteiger partial charge in [0.1, 0.15) is 0 Å². The van der Waals surface area contributed by atoms with Gasteiger partial charge < -0.3 is 0 Å². The zero-order valence-electron chi connectivity index (χ0n) is 13.4. The van der Waals surface area contributed by atoms with Crippen molar-refractivity contribution >= 4 is 15.9 Å². The first kappa shape index (κ1) is 17.0. The van der Waals surface area contributed by atoms with Crippen molar-refractivity contribution in [2.75, 3.05) is 0 Å². The van der Waals surface area contributed by atoms with E-state index in [1.807, 2.05) is 19.9 Å². The Bertz CT molecular complexity index is 633. The number of carbonyl (C=O) groups is 1. The van der Waals surface area contributed by atoms with E-state index in [0.29, 0.717) is 12.8 Å². The highest BCUT2D eigenvalue weighted by Crippen LogP contribution is 2.22. The summed E-state index contributed by atoms with van der Waals surface area (Å²) in [6.45, 7) is 3.64. The molecule has 1 aromatic rings. The highest BCUT2D eigenvalue weighted by Gasteiger charge is 2.24. The lowest BCUT2D eigenvalue weighted by atomic mass is 9.90. The van der Waals surface area contributed by atoms with Crippen molar-refractivity contribution in [3.05, 3.63) is 34.9 Å². The van der Waals surface area contributed by atoms with Crippen LogP contribution in [0.2, 0.25) is 0 Å². The van der Waals surface area contributed by atoms with Crippen LogP contribution < -0.4 is 4.72 Å². The smallest absolute Gasteiger partial charge is 0.237 e. The van der Waals surface area contributed by atoms with Crippen LogP contribution in [0.5, 0.6) is 0 Å². The van der Waals surface area contributed by atoms with Gasteiger partial charge in [0, 0.05) is 0 Å². The third-order valence-electron chi connectivity index (χ3n) is 4.38. The summed E-state index contributed by atoms with van der Waals surface area (Å²) in [4.78, 5) is 12.0. The Morgan fingerprint density at radius 3 is 2.41 bits per heavy atom. The molecule has 0 radical (unpaired) electrons. The first-order valence-electron chi connectivity index (χ1n) is 8.11. The summed E-state index contributed by atoms with van der Waals surface area (Å²) in [5.74, 6) is -0.442. The number of aryl methyl sites for hydroxylation is 2. The molecule has 0 saturated carbocycles. The molecule has 1 amide bonds. The van der Waals surface area contributed by atoms with Crippen molar-refractivity contribution in [1.82, 2.24) is 4.72 Å². The van der Waals surface area contributed by atoms with Gasteiger partial charge >= 0.3 is 0 Å². The van der Waals surface area contributed by atoms with Crippen LogP contribution in [0.15, 0.2) is 18.2 Å². The van der Waals surface area contributed by atoms with Crippen molar-refractivity contribution in [1.29, 1.82) is 0 Å². The topological polar surface area (TPSA) is 63.2 Å². The molecule has 1 aliphatic rings. The van der Waals surface area contributed by atoms with Crippen LogP contribution in [0.1, 0.15) is 56.2 Å². The number of fused-ring (bicyclic) bond motifs is 1. The fourth-order valence-electron chi connectivity index (χ4n) is 3.09. The van der Waals surface area contributed by atoms with Crippen LogP contribution in [0.4, 0.5) is 0 Å². The van der Waals surface area contributed by atoms with E-state index < -0.39 is 21.2 Å². The molecular weight excluding hydrogens is 298 g/mol. The molecule has 122 valence electrons. The van der Waals surface area contributed by atoms with Crippen molar-refractivity contribution in [2.24, 2.45) is 0 Å². The van der Waals surface area contributed by atoms with Gasteiger partial charge in [-0.3, -0.25) is 9.52 Å². The van der Waals surface area contributed by atoms with E-state index in [1.54, 1.807) is 0 Å². The van der Waals surface area contributed by atoms with Crippen molar-refractivity contribution in [3.8, 4) is 0 Å². The maximum Gasteiger partial charge on any atom is 0.237 e. The third kappa shape index (κ3) is 4.09. The van der Waals surface area contributed by atoms with Crippen LogP contribution in [-0.2, 0) is 34.1 Å². The zero-order valence-corrected chi connectivity index (χ0v) is 14.2. The van der Waals surface area contributed by atoms with Gasteiger partial charge in [0.05, 0.1) is 11.7 Å². The first-order chi connectivity index (χ1) is 10.5.